The number of halogens is 1. The van der Waals surface area contributed by atoms with Crippen molar-refractivity contribution < 1.29 is 9.50 Å². The summed E-state index contributed by atoms with van der Waals surface area (Å²) in [6.07, 6.45) is 5.55. The van der Waals surface area contributed by atoms with Gasteiger partial charge in [-0.25, -0.2) is 4.39 Å². The molecule has 2 unspecified atom stereocenters. The third-order valence-corrected chi connectivity index (χ3v) is 4.34. The summed E-state index contributed by atoms with van der Waals surface area (Å²) in [6, 6.07) is 6.53. The molecule has 1 nitrogen and oxygen atoms in total. The highest BCUT2D eigenvalue weighted by atomic mass is 19.1. The van der Waals surface area contributed by atoms with Gasteiger partial charge in [-0.15, -0.1) is 0 Å². The van der Waals surface area contributed by atoms with Crippen LogP contribution in [0.4, 0.5) is 4.39 Å². The number of hydrogen-bond donors (Lipinski definition) is 1. The summed E-state index contributed by atoms with van der Waals surface area (Å²) in [5.74, 6) is 0.807. The second-order valence-electron chi connectivity index (χ2n) is 5.29. The molecule has 0 heterocycles. The van der Waals surface area contributed by atoms with E-state index in [2.05, 4.69) is 0 Å². The van der Waals surface area contributed by atoms with Crippen molar-refractivity contribution in [1.29, 1.82) is 0 Å². The Bertz CT molecular complexity index is 372. The first-order chi connectivity index (χ1) is 7.70. The van der Waals surface area contributed by atoms with Gasteiger partial charge in [0.25, 0.3) is 0 Å². The average Bonchev–Trinajstić information content (AvgIpc) is 2.89. The third kappa shape index (κ3) is 1.56. The Labute approximate surface area is 95.3 Å². The Hall–Kier alpha value is -0.890. The molecule has 0 saturated heterocycles. The molecule has 0 aliphatic heterocycles. The maximum atomic E-state index is 12.8. The fourth-order valence-electron chi connectivity index (χ4n) is 3.41. The second-order valence-corrected chi connectivity index (χ2v) is 5.29. The molecule has 2 aliphatic carbocycles. The first-order valence-corrected chi connectivity index (χ1v) is 6.17. The molecular formula is C14H17FO. The Morgan fingerprint density at radius 2 is 1.69 bits per heavy atom. The molecule has 2 saturated carbocycles. The fraction of sp³-hybridized carbons (Fsp3) is 0.571. The lowest BCUT2D eigenvalue weighted by atomic mass is 10.0. The van der Waals surface area contributed by atoms with Crippen LogP contribution >= 0.6 is 0 Å². The lowest BCUT2D eigenvalue weighted by Gasteiger charge is -2.10. The van der Waals surface area contributed by atoms with E-state index < -0.39 is 5.60 Å². The largest absolute Gasteiger partial charge is 0.389 e. The van der Waals surface area contributed by atoms with Crippen molar-refractivity contribution >= 4 is 0 Å². The molecule has 1 aromatic carbocycles. The van der Waals surface area contributed by atoms with Crippen LogP contribution in [0, 0.1) is 17.7 Å². The lowest BCUT2D eigenvalue weighted by Crippen LogP contribution is -2.16. The maximum absolute atomic E-state index is 12.8. The van der Waals surface area contributed by atoms with E-state index in [0.29, 0.717) is 18.3 Å². The first-order valence-electron chi connectivity index (χ1n) is 6.17. The zero-order chi connectivity index (χ0) is 11.2. The van der Waals surface area contributed by atoms with E-state index >= 15 is 0 Å². The van der Waals surface area contributed by atoms with Gasteiger partial charge < -0.3 is 5.11 Å². The minimum atomic E-state index is -0.478. The Kier molecular flexibility index (Phi) is 2.28. The molecule has 0 radical (unpaired) electrons. The van der Waals surface area contributed by atoms with Crippen molar-refractivity contribution in [3.05, 3.63) is 35.6 Å². The van der Waals surface area contributed by atoms with E-state index in [1.165, 1.54) is 37.8 Å². The molecule has 86 valence electrons. The highest BCUT2D eigenvalue weighted by molar-refractivity contribution is 5.24. The first kappa shape index (κ1) is 10.3. The summed E-state index contributed by atoms with van der Waals surface area (Å²) < 4.78 is 12.8. The van der Waals surface area contributed by atoms with Crippen molar-refractivity contribution in [3.8, 4) is 0 Å². The predicted molar refractivity (Wildman–Crippen MR) is 60.5 cm³/mol. The normalized spacial score (nSPS) is 36.9. The summed E-state index contributed by atoms with van der Waals surface area (Å²) in [6.45, 7) is 0. The average molecular weight is 220 g/mol. The molecule has 16 heavy (non-hydrogen) atoms. The zero-order valence-electron chi connectivity index (χ0n) is 9.32. The summed E-state index contributed by atoms with van der Waals surface area (Å²) in [4.78, 5) is 0. The molecule has 1 N–H and O–H groups in total. The van der Waals surface area contributed by atoms with Crippen molar-refractivity contribution in [2.24, 2.45) is 11.8 Å². The van der Waals surface area contributed by atoms with Crippen LogP contribution in [0.1, 0.15) is 31.2 Å². The van der Waals surface area contributed by atoms with Gasteiger partial charge in [-0.3, -0.25) is 0 Å². The molecule has 2 heteroatoms. The minimum absolute atomic E-state index is 0.205. The van der Waals surface area contributed by atoms with Crippen LogP contribution < -0.4 is 0 Å². The summed E-state index contributed by atoms with van der Waals surface area (Å²) in [5, 5.41) is 10.5. The SMILES string of the molecule is OC1(Cc2ccc(F)cc2)C2CCCCC21. The summed E-state index contributed by atoms with van der Waals surface area (Å²) in [7, 11) is 0. The predicted octanol–water partition coefficient (Wildman–Crippen LogP) is 2.92. The Balaban J connectivity index is 1.73. The maximum Gasteiger partial charge on any atom is 0.123 e. The molecule has 2 atom stereocenters. The fourth-order valence-corrected chi connectivity index (χ4v) is 3.41. The van der Waals surface area contributed by atoms with Gasteiger partial charge >= 0.3 is 0 Å². The van der Waals surface area contributed by atoms with Crippen molar-refractivity contribution in [3.63, 3.8) is 0 Å². The summed E-state index contributed by atoms with van der Waals surface area (Å²) >= 11 is 0. The number of hydrogen-bond acceptors (Lipinski definition) is 1. The van der Waals surface area contributed by atoms with Crippen LogP contribution in [0.15, 0.2) is 24.3 Å². The van der Waals surface area contributed by atoms with Gasteiger partial charge in [0.1, 0.15) is 5.82 Å². The molecule has 0 aromatic heterocycles. The number of rotatable bonds is 2. The topological polar surface area (TPSA) is 20.2 Å². The molecule has 0 amide bonds. The van der Waals surface area contributed by atoms with Crippen LogP contribution in [-0.2, 0) is 6.42 Å². The van der Waals surface area contributed by atoms with E-state index in [-0.39, 0.29) is 5.82 Å². The molecule has 3 rings (SSSR count). The van der Waals surface area contributed by atoms with Crippen LogP contribution in [0.25, 0.3) is 0 Å². The zero-order valence-corrected chi connectivity index (χ0v) is 9.32. The van der Waals surface area contributed by atoms with E-state index in [1.807, 2.05) is 0 Å². The van der Waals surface area contributed by atoms with Crippen LogP contribution in [-0.4, -0.2) is 10.7 Å². The number of aliphatic hydroxyl groups is 1. The van der Waals surface area contributed by atoms with Crippen molar-refractivity contribution in [2.75, 3.05) is 0 Å². The van der Waals surface area contributed by atoms with E-state index in [0.717, 1.165) is 5.56 Å². The molecule has 1 aromatic rings. The number of fused-ring (bicyclic) bond motifs is 1. The molecule has 0 spiro atoms. The standard InChI is InChI=1S/C14H17FO/c15-11-7-5-10(6-8-11)9-14(16)12-3-1-2-4-13(12)14/h5-8,12-13,16H,1-4,9H2. The monoisotopic (exact) mass is 220 g/mol. The number of benzene rings is 1. The van der Waals surface area contributed by atoms with E-state index in [1.54, 1.807) is 12.1 Å². The van der Waals surface area contributed by atoms with Gasteiger partial charge in [0.15, 0.2) is 0 Å². The highest BCUT2D eigenvalue weighted by Crippen LogP contribution is 2.59. The Morgan fingerprint density at radius 3 is 2.25 bits per heavy atom. The van der Waals surface area contributed by atoms with Crippen LogP contribution in [0.3, 0.4) is 0 Å². The Morgan fingerprint density at radius 1 is 1.12 bits per heavy atom. The van der Waals surface area contributed by atoms with Gasteiger partial charge in [-0.05, 0) is 42.4 Å². The van der Waals surface area contributed by atoms with Crippen LogP contribution in [0.5, 0.6) is 0 Å². The van der Waals surface area contributed by atoms with Crippen molar-refractivity contribution in [1.82, 2.24) is 0 Å². The van der Waals surface area contributed by atoms with E-state index in [4.69, 9.17) is 0 Å². The smallest absolute Gasteiger partial charge is 0.123 e. The molecule has 2 aliphatic rings. The highest BCUT2D eigenvalue weighted by Gasteiger charge is 2.63. The molecule has 0 bridgehead atoms. The van der Waals surface area contributed by atoms with Gasteiger partial charge in [0.05, 0.1) is 5.60 Å². The molecular weight excluding hydrogens is 203 g/mol. The quantitative estimate of drug-likeness (QED) is 0.812. The van der Waals surface area contributed by atoms with E-state index in [9.17, 15) is 9.50 Å². The van der Waals surface area contributed by atoms with Crippen molar-refractivity contribution in [2.45, 2.75) is 37.7 Å². The van der Waals surface area contributed by atoms with Crippen LogP contribution in [0.2, 0.25) is 0 Å². The van der Waals surface area contributed by atoms with Gasteiger partial charge in [-0.2, -0.15) is 0 Å². The lowest BCUT2D eigenvalue weighted by molar-refractivity contribution is 0.119. The second kappa shape index (κ2) is 3.56. The minimum Gasteiger partial charge on any atom is -0.389 e. The van der Waals surface area contributed by atoms with Gasteiger partial charge in [0, 0.05) is 6.42 Å². The summed E-state index contributed by atoms with van der Waals surface area (Å²) in [5.41, 5.74) is 0.576. The third-order valence-electron chi connectivity index (χ3n) is 4.34. The molecule has 2 fully saturated rings. The van der Waals surface area contributed by atoms with Gasteiger partial charge in [0.2, 0.25) is 0 Å². The van der Waals surface area contributed by atoms with Gasteiger partial charge in [-0.1, -0.05) is 25.0 Å².